The van der Waals surface area contributed by atoms with Crippen molar-refractivity contribution in [1.29, 1.82) is 0 Å². The quantitative estimate of drug-likeness (QED) is 0.492. The third-order valence-electron chi connectivity index (χ3n) is 7.14. The van der Waals surface area contributed by atoms with Gasteiger partial charge in [-0.25, -0.2) is 0 Å². The minimum absolute atomic E-state index is 0.213. The highest BCUT2D eigenvalue weighted by Crippen LogP contribution is 2.45. The zero-order valence-electron chi connectivity index (χ0n) is 16.9. The van der Waals surface area contributed by atoms with Crippen molar-refractivity contribution in [2.75, 3.05) is 0 Å². The molecule has 0 saturated heterocycles. The maximum absolute atomic E-state index is 12.3. The third kappa shape index (κ3) is 5.80. The second kappa shape index (κ2) is 10.2. The standard InChI is InChI=1S/C24H32F2O3/c1-2-3-22(23(27)28)20-10-8-18(9-11-20)16-4-6-17(7-5-16)19-12-14-21(15-13-19)29-24(25)26/h2,12-18,20,22,24H,1,3-11H2,(H,27,28). The first-order chi connectivity index (χ1) is 14.0. The Hall–Kier alpha value is -1.91. The van der Waals surface area contributed by atoms with E-state index in [1.165, 1.54) is 18.4 Å². The highest BCUT2D eigenvalue weighted by Gasteiger charge is 2.35. The molecular formula is C24H32F2O3. The molecule has 0 aliphatic heterocycles. The molecule has 3 rings (SSSR count). The Morgan fingerprint density at radius 1 is 1.03 bits per heavy atom. The molecule has 2 saturated carbocycles. The Balaban J connectivity index is 1.46. The first kappa shape index (κ1) is 21.8. The third-order valence-corrected chi connectivity index (χ3v) is 7.14. The summed E-state index contributed by atoms with van der Waals surface area (Å²) in [5.74, 6) is 1.48. The minimum Gasteiger partial charge on any atom is -0.481 e. The number of benzene rings is 1. The number of carboxylic acids is 1. The lowest BCUT2D eigenvalue weighted by molar-refractivity contribution is -0.144. The van der Waals surface area contributed by atoms with Crippen molar-refractivity contribution in [3.63, 3.8) is 0 Å². The van der Waals surface area contributed by atoms with Crippen LogP contribution in [0.3, 0.4) is 0 Å². The molecule has 2 aliphatic carbocycles. The van der Waals surface area contributed by atoms with Gasteiger partial charge in [0.05, 0.1) is 5.92 Å². The number of hydrogen-bond donors (Lipinski definition) is 1. The monoisotopic (exact) mass is 406 g/mol. The molecule has 2 aliphatic rings. The van der Waals surface area contributed by atoms with E-state index >= 15 is 0 Å². The molecule has 160 valence electrons. The average Bonchev–Trinajstić information content (AvgIpc) is 2.72. The van der Waals surface area contributed by atoms with Crippen LogP contribution in [0.1, 0.15) is 69.3 Å². The molecule has 0 amide bonds. The molecule has 0 radical (unpaired) electrons. The molecule has 0 spiro atoms. The molecule has 2 fully saturated rings. The van der Waals surface area contributed by atoms with Crippen LogP contribution in [0.4, 0.5) is 8.78 Å². The van der Waals surface area contributed by atoms with E-state index in [0.29, 0.717) is 18.3 Å². The zero-order chi connectivity index (χ0) is 20.8. The van der Waals surface area contributed by atoms with Crippen molar-refractivity contribution in [1.82, 2.24) is 0 Å². The van der Waals surface area contributed by atoms with E-state index in [1.807, 2.05) is 12.1 Å². The fourth-order valence-corrected chi connectivity index (χ4v) is 5.54. The topological polar surface area (TPSA) is 46.5 Å². The molecule has 1 aromatic carbocycles. The van der Waals surface area contributed by atoms with E-state index in [9.17, 15) is 18.7 Å². The molecule has 1 atom stereocenters. The van der Waals surface area contributed by atoms with Crippen LogP contribution in [0.25, 0.3) is 0 Å². The molecule has 1 unspecified atom stereocenters. The number of ether oxygens (including phenoxy) is 1. The van der Waals surface area contributed by atoms with Gasteiger partial charge in [0.15, 0.2) is 0 Å². The molecule has 0 aromatic heterocycles. The van der Waals surface area contributed by atoms with Gasteiger partial charge in [0.25, 0.3) is 0 Å². The van der Waals surface area contributed by atoms with Crippen LogP contribution in [0, 0.1) is 23.7 Å². The summed E-state index contributed by atoms with van der Waals surface area (Å²) >= 11 is 0. The van der Waals surface area contributed by atoms with E-state index in [0.717, 1.165) is 44.4 Å². The predicted molar refractivity (Wildman–Crippen MR) is 109 cm³/mol. The zero-order valence-corrected chi connectivity index (χ0v) is 16.9. The molecule has 3 nitrogen and oxygen atoms in total. The largest absolute Gasteiger partial charge is 0.481 e. The molecule has 0 heterocycles. The summed E-state index contributed by atoms with van der Waals surface area (Å²) in [7, 11) is 0. The minimum atomic E-state index is -2.78. The number of hydrogen-bond acceptors (Lipinski definition) is 2. The molecular weight excluding hydrogens is 374 g/mol. The van der Waals surface area contributed by atoms with Crippen molar-refractivity contribution in [2.45, 2.75) is 70.3 Å². The number of halogens is 2. The Morgan fingerprint density at radius 2 is 1.59 bits per heavy atom. The number of aliphatic carboxylic acids is 1. The Bertz CT molecular complexity index is 657. The molecule has 29 heavy (non-hydrogen) atoms. The second-order valence-corrected chi connectivity index (χ2v) is 8.70. The summed E-state index contributed by atoms with van der Waals surface area (Å²) in [5, 5.41) is 9.48. The van der Waals surface area contributed by atoms with Crippen LogP contribution in [0.5, 0.6) is 5.75 Å². The first-order valence-corrected chi connectivity index (χ1v) is 10.9. The van der Waals surface area contributed by atoms with Crippen LogP contribution in [-0.4, -0.2) is 17.7 Å². The van der Waals surface area contributed by atoms with Gasteiger partial charge in [-0.2, -0.15) is 8.78 Å². The van der Waals surface area contributed by atoms with Crippen molar-refractivity contribution in [3.8, 4) is 5.75 Å². The summed E-state index contributed by atoms with van der Waals surface area (Å²) in [6.07, 6.45) is 11.3. The van der Waals surface area contributed by atoms with E-state index in [4.69, 9.17) is 0 Å². The van der Waals surface area contributed by atoms with Crippen molar-refractivity contribution >= 4 is 5.97 Å². The van der Waals surface area contributed by atoms with E-state index in [2.05, 4.69) is 11.3 Å². The maximum Gasteiger partial charge on any atom is 0.387 e. The lowest BCUT2D eigenvalue weighted by Gasteiger charge is -2.39. The molecule has 0 bridgehead atoms. The van der Waals surface area contributed by atoms with Gasteiger partial charge in [0.2, 0.25) is 0 Å². The molecule has 1 aromatic rings. The number of carboxylic acid groups (broad SMARTS) is 1. The molecule has 1 N–H and O–H groups in total. The van der Waals surface area contributed by atoms with Gasteiger partial charge >= 0.3 is 12.6 Å². The highest BCUT2D eigenvalue weighted by molar-refractivity contribution is 5.70. The summed E-state index contributed by atoms with van der Waals surface area (Å²) in [6, 6.07) is 7.10. The second-order valence-electron chi connectivity index (χ2n) is 8.70. The van der Waals surface area contributed by atoms with Crippen LogP contribution >= 0.6 is 0 Å². The summed E-state index contributed by atoms with van der Waals surface area (Å²) < 4.78 is 29.0. The normalized spacial score (nSPS) is 28.7. The summed E-state index contributed by atoms with van der Waals surface area (Å²) in [5.41, 5.74) is 1.21. The number of rotatable bonds is 8. The number of alkyl halides is 2. The van der Waals surface area contributed by atoms with E-state index < -0.39 is 12.6 Å². The van der Waals surface area contributed by atoms with Gasteiger partial charge in [-0.3, -0.25) is 4.79 Å². The maximum atomic E-state index is 12.3. The predicted octanol–water partition coefficient (Wildman–Crippen LogP) is 6.65. The van der Waals surface area contributed by atoms with Gasteiger partial charge in [-0.05, 0) is 99.2 Å². The van der Waals surface area contributed by atoms with Crippen LogP contribution < -0.4 is 4.74 Å². The molecule has 5 heteroatoms. The Kier molecular flexibility index (Phi) is 7.68. The Morgan fingerprint density at radius 3 is 2.07 bits per heavy atom. The fraction of sp³-hybridized carbons (Fsp3) is 0.625. The van der Waals surface area contributed by atoms with Gasteiger partial charge in [0.1, 0.15) is 5.75 Å². The van der Waals surface area contributed by atoms with Gasteiger partial charge in [0, 0.05) is 0 Å². The van der Waals surface area contributed by atoms with Gasteiger partial charge in [-0.1, -0.05) is 18.2 Å². The first-order valence-electron chi connectivity index (χ1n) is 10.9. The van der Waals surface area contributed by atoms with Gasteiger partial charge < -0.3 is 9.84 Å². The Labute approximate surface area is 172 Å². The summed E-state index contributed by atoms with van der Waals surface area (Å²) in [4.78, 5) is 11.5. The number of carbonyl (C=O) groups is 1. The van der Waals surface area contributed by atoms with E-state index in [-0.39, 0.29) is 17.6 Å². The van der Waals surface area contributed by atoms with Crippen LogP contribution in [0.15, 0.2) is 36.9 Å². The average molecular weight is 407 g/mol. The summed E-state index contributed by atoms with van der Waals surface area (Å²) in [6.45, 7) is 0.928. The van der Waals surface area contributed by atoms with Crippen LogP contribution in [-0.2, 0) is 4.79 Å². The van der Waals surface area contributed by atoms with Crippen molar-refractivity contribution in [2.24, 2.45) is 23.7 Å². The SMILES string of the molecule is C=CCC(C(=O)O)C1CCC(C2CCC(c3ccc(OC(F)F)cc3)CC2)CC1. The lowest BCUT2D eigenvalue weighted by atomic mass is 9.66. The van der Waals surface area contributed by atoms with E-state index in [1.54, 1.807) is 18.2 Å². The van der Waals surface area contributed by atoms with Crippen LogP contribution in [0.2, 0.25) is 0 Å². The smallest absolute Gasteiger partial charge is 0.387 e. The highest BCUT2D eigenvalue weighted by atomic mass is 19.3. The van der Waals surface area contributed by atoms with Gasteiger partial charge in [-0.15, -0.1) is 6.58 Å². The van der Waals surface area contributed by atoms with Crippen molar-refractivity contribution < 1.29 is 23.4 Å². The fourth-order valence-electron chi connectivity index (χ4n) is 5.54. The van der Waals surface area contributed by atoms with Crippen molar-refractivity contribution in [3.05, 3.63) is 42.5 Å². The number of allylic oxidation sites excluding steroid dienone is 1. The lowest BCUT2D eigenvalue weighted by Crippen LogP contribution is -2.30.